The van der Waals surface area contributed by atoms with Gasteiger partial charge in [-0.15, -0.1) is 0 Å². The van der Waals surface area contributed by atoms with Gasteiger partial charge in [0.05, 0.1) is 33.1 Å². The number of rotatable bonds is 6. The van der Waals surface area contributed by atoms with E-state index in [4.69, 9.17) is 5.11 Å². The fourth-order valence-electron chi connectivity index (χ4n) is 2.16. The zero-order valence-corrected chi connectivity index (χ0v) is 11.8. The predicted molar refractivity (Wildman–Crippen MR) is 72.5 cm³/mol. The number of phenolic OH excluding ortho intramolecular Hbond substituents is 1. The largest absolute Gasteiger partial charge is 0.507 e. The van der Waals surface area contributed by atoms with E-state index in [0.717, 1.165) is 0 Å². The van der Waals surface area contributed by atoms with Crippen molar-refractivity contribution in [3.63, 3.8) is 0 Å². The standard InChI is InChI=1S/C14H19NO5/c1-15(2,3)9-14(20,8-12(17)18)13(19)10-6-4-5-7-11(10)16/h4-7,20H,8-9H2,1-3H3,(H-,16,17,18,19)/p+1. The summed E-state index contributed by atoms with van der Waals surface area (Å²) in [5.41, 5.74) is -2.15. The summed E-state index contributed by atoms with van der Waals surface area (Å²) in [6, 6.07) is 5.77. The Hall–Kier alpha value is -1.92. The summed E-state index contributed by atoms with van der Waals surface area (Å²) in [6.07, 6.45) is -0.713. The number of Topliss-reactive ketones (excluding diaryl/α,β-unsaturated/α-hetero) is 1. The molecule has 0 aliphatic heterocycles. The van der Waals surface area contributed by atoms with Crippen molar-refractivity contribution >= 4 is 11.8 Å². The van der Waals surface area contributed by atoms with E-state index in [9.17, 15) is 19.8 Å². The van der Waals surface area contributed by atoms with E-state index in [2.05, 4.69) is 0 Å². The van der Waals surface area contributed by atoms with Crippen LogP contribution in [0.4, 0.5) is 0 Å². The van der Waals surface area contributed by atoms with Crippen molar-refractivity contribution in [3.8, 4) is 5.75 Å². The van der Waals surface area contributed by atoms with Crippen LogP contribution >= 0.6 is 0 Å². The molecule has 6 heteroatoms. The number of aromatic hydroxyl groups is 1. The third kappa shape index (κ3) is 4.04. The molecule has 1 unspecified atom stereocenters. The second kappa shape index (κ2) is 5.60. The van der Waals surface area contributed by atoms with Crippen LogP contribution in [0.1, 0.15) is 16.8 Å². The molecule has 3 N–H and O–H groups in total. The summed E-state index contributed by atoms with van der Waals surface area (Å²) >= 11 is 0. The molecule has 0 saturated heterocycles. The number of hydrogen-bond donors (Lipinski definition) is 3. The maximum Gasteiger partial charge on any atom is 0.307 e. The number of hydrogen-bond acceptors (Lipinski definition) is 4. The first-order chi connectivity index (χ1) is 9.05. The van der Waals surface area contributed by atoms with Crippen molar-refractivity contribution in [2.45, 2.75) is 12.0 Å². The number of aliphatic carboxylic acids is 1. The number of likely N-dealkylation sites (N-methyl/N-ethyl adjacent to an activating group) is 1. The highest BCUT2D eigenvalue weighted by molar-refractivity contribution is 6.06. The molecule has 0 bridgehead atoms. The van der Waals surface area contributed by atoms with Gasteiger partial charge in [0.1, 0.15) is 12.3 Å². The predicted octanol–water partition coefficient (Wildman–Crippen LogP) is 0.487. The third-order valence-corrected chi connectivity index (χ3v) is 2.75. The lowest BCUT2D eigenvalue weighted by atomic mass is 9.88. The number of carbonyl (C=O) groups excluding carboxylic acids is 1. The van der Waals surface area contributed by atoms with Gasteiger partial charge in [0.2, 0.25) is 5.78 Å². The molecule has 20 heavy (non-hydrogen) atoms. The van der Waals surface area contributed by atoms with Gasteiger partial charge in [-0.05, 0) is 12.1 Å². The van der Waals surface area contributed by atoms with Crippen LogP contribution in [-0.2, 0) is 4.79 Å². The van der Waals surface area contributed by atoms with Crippen LogP contribution in [0.2, 0.25) is 0 Å². The van der Waals surface area contributed by atoms with Crippen molar-refractivity contribution in [3.05, 3.63) is 29.8 Å². The molecule has 1 aromatic rings. The van der Waals surface area contributed by atoms with Crippen molar-refractivity contribution in [1.29, 1.82) is 0 Å². The summed E-state index contributed by atoms with van der Waals surface area (Å²) in [6.45, 7) is -0.0769. The molecular weight excluding hydrogens is 262 g/mol. The molecule has 0 aliphatic rings. The second-order valence-corrected chi connectivity index (χ2v) is 5.90. The molecule has 0 aromatic heterocycles. The Labute approximate surface area is 117 Å². The Morgan fingerprint density at radius 3 is 2.20 bits per heavy atom. The number of nitrogens with zero attached hydrogens (tertiary/aromatic N) is 1. The number of carbonyl (C=O) groups is 2. The van der Waals surface area contributed by atoms with Crippen LogP contribution in [0.25, 0.3) is 0 Å². The maximum atomic E-state index is 12.4. The zero-order valence-electron chi connectivity index (χ0n) is 11.8. The fourth-order valence-corrected chi connectivity index (χ4v) is 2.16. The quantitative estimate of drug-likeness (QED) is 0.521. The summed E-state index contributed by atoms with van der Waals surface area (Å²) in [5.74, 6) is -2.33. The van der Waals surface area contributed by atoms with Gasteiger partial charge in [-0.25, -0.2) is 0 Å². The second-order valence-electron chi connectivity index (χ2n) is 5.90. The molecule has 6 nitrogen and oxygen atoms in total. The number of carboxylic acid groups (broad SMARTS) is 1. The highest BCUT2D eigenvalue weighted by atomic mass is 16.4. The number of ketones is 1. The molecule has 0 heterocycles. The van der Waals surface area contributed by atoms with Gasteiger partial charge in [0.25, 0.3) is 0 Å². The lowest BCUT2D eigenvalue weighted by Gasteiger charge is -2.33. The van der Waals surface area contributed by atoms with Crippen molar-refractivity contribution in [2.24, 2.45) is 0 Å². The average Bonchev–Trinajstić information content (AvgIpc) is 2.25. The molecule has 0 amide bonds. The first kappa shape index (κ1) is 16.1. The number of carboxylic acids is 1. The highest BCUT2D eigenvalue weighted by Gasteiger charge is 2.44. The molecule has 1 aromatic carbocycles. The zero-order chi connectivity index (χ0) is 15.6. The van der Waals surface area contributed by atoms with E-state index in [-0.39, 0.29) is 22.3 Å². The molecule has 0 spiro atoms. The first-order valence-electron chi connectivity index (χ1n) is 6.12. The van der Waals surface area contributed by atoms with Crippen LogP contribution < -0.4 is 0 Å². The smallest absolute Gasteiger partial charge is 0.307 e. The SMILES string of the molecule is C[N+](C)(C)CC(O)(CC(=O)O)C(=O)c1ccccc1O. The van der Waals surface area contributed by atoms with Crippen LogP contribution in [0.5, 0.6) is 5.75 Å². The molecule has 0 fully saturated rings. The Morgan fingerprint density at radius 2 is 1.75 bits per heavy atom. The van der Waals surface area contributed by atoms with E-state index >= 15 is 0 Å². The lowest BCUT2D eigenvalue weighted by Crippen LogP contribution is -2.54. The van der Waals surface area contributed by atoms with Crippen LogP contribution in [-0.4, -0.2) is 64.8 Å². The molecule has 0 aliphatic carbocycles. The van der Waals surface area contributed by atoms with Gasteiger partial charge in [-0.2, -0.15) is 0 Å². The number of aliphatic hydroxyl groups is 1. The summed E-state index contributed by atoms with van der Waals surface area (Å²) in [7, 11) is 5.22. The number of para-hydroxylation sites is 1. The molecule has 1 atom stereocenters. The summed E-state index contributed by atoms with van der Waals surface area (Å²) < 4.78 is 0.211. The van der Waals surface area contributed by atoms with Gasteiger partial charge in [0.15, 0.2) is 5.60 Å². The minimum Gasteiger partial charge on any atom is -0.507 e. The molecular formula is C14H20NO5+. The van der Waals surface area contributed by atoms with Gasteiger partial charge >= 0.3 is 5.97 Å². The lowest BCUT2D eigenvalue weighted by molar-refractivity contribution is -0.875. The minimum atomic E-state index is -2.07. The van der Waals surface area contributed by atoms with Gasteiger partial charge < -0.3 is 19.8 Å². The Balaban J connectivity index is 3.20. The van der Waals surface area contributed by atoms with Crippen molar-refractivity contribution < 1.29 is 29.4 Å². The number of quaternary nitrogens is 1. The van der Waals surface area contributed by atoms with E-state index in [1.165, 1.54) is 12.1 Å². The fraction of sp³-hybridized carbons (Fsp3) is 0.429. The van der Waals surface area contributed by atoms with Crippen LogP contribution in [0.3, 0.4) is 0 Å². The number of benzene rings is 1. The van der Waals surface area contributed by atoms with Gasteiger partial charge in [-0.3, -0.25) is 9.59 Å². The van der Waals surface area contributed by atoms with E-state index in [1.54, 1.807) is 33.3 Å². The normalized spacial score (nSPS) is 14.6. The monoisotopic (exact) mass is 282 g/mol. The average molecular weight is 282 g/mol. The maximum absolute atomic E-state index is 12.4. The summed E-state index contributed by atoms with van der Waals surface area (Å²) in [4.78, 5) is 23.4. The van der Waals surface area contributed by atoms with Crippen LogP contribution in [0, 0.1) is 0 Å². The van der Waals surface area contributed by atoms with Crippen molar-refractivity contribution in [1.82, 2.24) is 0 Å². The van der Waals surface area contributed by atoms with E-state index in [1.807, 2.05) is 0 Å². The highest BCUT2D eigenvalue weighted by Crippen LogP contribution is 2.25. The first-order valence-corrected chi connectivity index (χ1v) is 6.12. The van der Waals surface area contributed by atoms with E-state index < -0.39 is 23.8 Å². The number of phenols is 1. The summed E-state index contributed by atoms with van der Waals surface area (Å²) in [5, 5.41) is 29.1. The minimum absolute atomic E-state index is 0.0769. The van der Waals surface area contributed by atoms with Gasteiger partial charge in [-0.1, -0.05) is 12.1 Å². The Morgan fingerprint density at radius 1 is 1.20 bits per heavy atom. The molecule has 110 valence electrons. The molecule has 0 saturated carbocycles. The van der Waals surface area contributed by atoms with E-state index in [0.29, 0.717) is 0 Å². The molecule has 0 radical (unpaired) electrons. The van der Waals surface area contributed by atoms with Gasteiger partial charge in [0, 0.05) is 0 Å². The molecule has 1 rings (SSSR count). The Bertz CT molecular complexity index is 521. The van der Waals surface area contributed by atoms with Crippen LogP contribution in [0.15, 0.2) is 24.3 Å². The third-order valence-electron chi connectivity index (χ3n) is 2.75. The van der Waals surface area contributed by atoms with Crippen molar-refractivity contribution in [2.75, 3.05) is 27.7 Å². The topological polar surface area (TPSA) is 94.8 Å². The Kier molecular flexibility index (Phi) is 4.52.